The Balaban J connectivity index is 1.73. The van der Waals surface area contributed by atoms with Gasteiger partial charge in [0.15, 0.2) is 16.6 Å². The van der Waals surface area contributed by atoms with Crippen LogP contribution in [0.25, 0.3) is 26.1 Å². The second-order valence-corrected chi connectivity index (χ2v) is 10.9. The molecule has 0 N–H and O–H groups in total. The van der Waals surface area contributed by atoms with Gasteiger partial charge in [0.1, 0.15) is 5.69 Å². The number of para-hydroxylation sites is 2. The van der Waals surface area contributed by atoms with Crippen molar-refractivity contribution in [2.24, 2.45) is 5.92 Å². The van der Waals surface area contributed by atoms with Crippen molar-refractivity contribution in [2.75, 3.05) is 29.4 Å². The Morgan fingerprint density at radius 2 is 1.82 bits per heavy atom. The van der Waals surface area contributed by atoms with Gasteiger partial charge in [0.05, 0.1) is 26.8 Å². The van der Waals surface area contributed by atoms with Gasteiger partial charge in [-0.1, -0.05) is 30.4 Å². The van der Waals surface area contributed by atoms with E-state index in [1.807, 2.05) is 41.0 Å². The minimum atomic E-state index is -0.633. The number of halogens is 2. The molecule has 2 aliphatic rings. The monoisotopic (exact) mass is 482 g/mol. The maximum absolute atomic E-state index is 16.5. The lowest BCUT2D eigenvalue weighted by atomic mass is 9.98. The first-order valence-electron chi connectivity index (χ1n) is 12.2. The molecule has 0 amide bonds. The van der Waals surface area contributed by atoms with E-state index in [1.54, 1.807) is 0 Å². The molecule has 2 aromatic heterocycles. The molecule has 0 radical (unpaired) electrons. The van der Waals surface area contributed by atoms with Gasteiger partial charge in [-0.15, -0.1) is 0 Å². The van der Waals surface area contributed by atoms with E-state index in [0.717, 1.165) is 43.4 Å². The molecular weight excluding hydrogens is 454 g/mol. The Kier molecular flexibility index (Phi) is 5.24. The van der Waals surface area contributed by atoms with E-state index < -0.39 is 17.2 Å². The number of hydrogen-bond acceptors (Lipinski definition) is 5. The number of nitrogens with zero attached hydrogens (tertiary/aromatic N) is 4. The molecule has 5 nitrogen and oxygen atoms in total. The van der Waals surface area contributed by atoms with Crippen molar-refractivity contribution in [3.63, 3.8) is 0 Å². The van der Waals surface area contributed by atoms with Gasteiger partial charge >= 0.3 is 0 Å². The molecule has 2 aliphatic heterocycles. The van der Waals surface area contributed by atoms with Crippen LogP contribution in [0.15, 0.2) is 29.1 Å². The Hall–Kier alpha value is -2.74. The van der Waals surface area contributed by atoms with Gasteiger partial charge in [-0.25, -0.2) is 18.2 Å². The average molecular weight is 483 g/mol. The van der Waals surface area contributed by atoms with Crippen LogP contribution in [-0.4, -0.2) is 35.1 Å². The molecule has 8 heteroatoms. The van der Waals surface area contributed by atoms with Crippen LogP contribution in [0.5, 0.6) is 0 Å². The standard InChI is InChI=1S/C26H28F2N4OS/c1-15-8-7-12-30(14-15)22-19-24(21(28)23(20(22)27)31-13-6-5-9-16(31)2)34-26-29-17-10-3-4-11-18(17)32(26)25(19)33/h3-4,10-11,15-16H,5-9,12-14H2,1-2H3/t15-,16-/m0/s1. The fourth-order valence-corrected chi connectivity index (χ4v) is 6.85. The van der Waals surface area contributed by atoms with Gasteiger partial charge in [0.25, 0.3) is 5.56 Å². The number of benzene rings is 2. The largest absolute Gasteiger partial charge is 0.368 e. The highest BCUT2D eigenvalue weighted by Gasteiger charge is 2.33. The molecule has 2 saturated heterocycles. The zero-order valence-electron chi connectivity index (χ0n) is 19.5. The van der Waals surface area contributed by atoms with Crippen molar-refractivity contribution in [1.29, 1.82) is 0 Å². The Morgan fingerprint density at radius 1 is 1.00 bits per heavy atom. The van der Waals surface area contributed by atoms with E-state index in [1.165, 1.54) is 4.40 Å². The Bertz CT molecular complexity index is 1480. The minimum absolute atomic E-state index is 0.0176. The summed E-state index contributed by atoms with van der Waals surface area (Å²) in [6.07, 6.45) is 4.84. The van der Waals surface area contributed by atoms with Crippen molar-refractivity contribution in [1.82, 2.24) is 9.38 Å². The molecule has 2 atom stereocenters. The lowest BCUT2D eigenvalue weighted by Crippen LogP contribution is -2.40. The molecule has 4 aromatic rings. The van der Waals surface area contributed by atoms with Gasteiger partial charge < -0.3 is 9.80 Å². The van der Waals surface area contributed by atoms with Crippen LogP contribution in [0.3, 0.4) is 0 Å². The summed E-state index contributed by atoms with van der Waals surface area (Å²) < 4.78 is 34.4. The summed E-state index contributed by atoms with van der Waals surface area (Å²) in [6.45, 7) is 6.09. The molecular formula is C26H28F2N4OS. The Labute approximate surface area is 200 Å². The lowest BCUT2D eigenvalue weighted by Gasteiger charge is -2.38. The quantitative estimate of drug-likeness (QED) is 0.354. The van der Waals surface area contributed by atoms with Crippen molar-refractivity contribution in [2.45, 2.75) is 52.0 Å². The first-order valence-corrected chi connectivity index (χ1v) is 13.0. The van der Waals surface area contributed by atoms with Gasteiger partial charge in [-0.05, 0) is 57.1 Å². The average Bonchev–Trinajstić information content (AvgIpc) is 3.20. The molecule has 0 spiro atoms. The highest BCUT2D eigenvalue weighted by atomic mass is 32.1. The zero-order valence-corrected chi connectivity index (χ0v) is 20.3. The van der Waals surface area contributed by atoms with E-state index in [9.17, 15) is 4.79 Å². The molecule has 0 saturated carbocycles. The van der Waals surface area contributed by atoms with E-state index in [2.05, 4.69) is 11.9 Å². The second-order valence-electron chi connectivity index (χ2n) is 9.89. The van der Waals surface area contributed by atoms with Crippen molar-refractivity contribution in [3.05, 3.63) is 46.3 Å². The third-order valence-corrected chi connectivity index (χ3v) is 8.53. The molecule has 2 aromatic carbocycles. The third-order valence-electron chi connectivity index (χ3n) is 7.49. The maximum atomic E-state index is 16.5. The maximum Gasteiger partial charge on any atom is 0.268 e. The van der Waals surface area contributed by atoms with E-state index in [4.69, 9.17) is 0 Å². The summed E-state index contributed by atoms with van der Waals surface area (Å²) in [5.74, 6) is -0.852. The van der Waals surface area contributed by atoms with E-state index in [-0.39, 0.29) is 27.5 Å². The van der Waals surface area contributed by atoms with Crippen LogP contribution >= 0.6 is 11.3 Å². The summed E-state index contributed by atoms with van der Waals surface area (Å²) in [4.78, 5) is 22.8. The second kappa shape index (κ2) is 8.18. The number of hydrogen-bond donors (Lipinski definition) is 0. The van der Waals surface area contributed by atoms with Crippen LogP contribution in [0.4, 0.5) is 20.2 Å². The summed E-state index contributed by atoms with van der Waals surface area (Å²) >= 11 is 1.14. The molecule has 0 bridgehead atoms. The minimum Gasteiger partial charge on any atom is -0.368 e. The van der Waals surface area contributed by atoms with Crippen LogP contribution in [0, 0.1) is 17.6 Å². The van der Waals surface area contributed by atoms with Crippen LogP contribution in [-0.2, 0) is 0 Å². The number of anilines is 2. The van der Waals surface area contributed by atoms with Crippen LogP contribution in [0.1, 0.15) is 46.0 Å². The number of rotatable bonds is 2. The smallest absolute Gasteiger partial charge is 0.268 e. The molecule has 0 unspecified atom stereocenters. The predicted octanol–water partition coefficient (Wildman–Crippen LogP) is 5.96. The fraction of sp³-hybridized carbons (Fsp3) is 0.462. The summed E-state index contributed by atoms with van der Waals surface area (Å²) in [5.41, 5.74) is 1.21. The predicted molar refractivity (Wildman–Crippen MR) is 136 cm³/mol. The summed E-state index contributed by atoms with van der Waals surface area (Å²) in [6, 6.07) is 7.41. The van der Waals surface area contributed by atoms with Crippen molar-refractivity contribution < 1.29 is 8.78 Å². The van der Waals surface area contributed by atoms with Crippen molar-refractivity contribution in [3.8, 4) is 0 Å². The molecule has 178 valence electrons. The lowest BCUT2D eigenvalue weighted by molar-refractivity contribution is 0.439. The number of piperidine rings is 2. The fourth-order valence-electron chi connectivity index (χ4n) is 5.78. The van der Waals surface area contributed by atoms with Crippen LogP contribution < -0.4 is 15.4 Å². The molecule has 2 fully saturated rings. The van der Waals surface area contributed by atoms with Gasteiger partial charge in [-0.3, -0.25) is 4.79 Å². The first-order chi connectivity index (χ1) is 16.5. The first kappa shape index (κ1) is 21.8. The van der Waals surface area contributed by atoms with Gasteiger partial charge in [-0.2, -0.15) is 0 Å². The number of aromatic nitrogens is 2. The highest BCUT2D eigenvalue weighted by molar-refractivity contribution is 7.23. The van der Waals surface area contributed by atoms with Gasteiger partial charge in [0.2, 0.25) is 0 Å². The zero-order chi connectivity index (χ0) is 23.6. The highest BCUT2D eigenvalue weighted by Crippen LogP contribution is 2.43. The number of imidazole rings is 1. The van der Waals surface area contributed by atoms with Crippen molar-refractivity contribution >= 4 is 48.8 Å². The molecule has 34 heavy (non-hydrogen) atoms. The molecule has 4 heterocycles. The van der Waals surface area contributed by atoms with E-state index in [0.29, 0.717) is 41.5 Å². The van der Waals surface area contributed by atoms with E-state index >= 15 is 8.78 Å². The van der Waals surface area contributed by atoms with Gasteiger partial charge in [0, 0.05) is 25.7 Å². The molecule has 0 aliphatic carbocycles. The third kappa shape index (κ3) is 3.21. The summed E-state index contributed by atoms with van der Waals surface area (Å²) in [7, 11) is 0. The SMILES string of the molecule is C[C@H]1CCCN(c2c(F)c(N3CCCC[C@@H]3C)c(F)c3sc4nc5ccccc5n4c(=O)c23)C1. The van der Waals surface area contributed by atoms with Crippen LogP contribution in [0.2, 0.25) is 0 Å². The number of fused-ring (bicyclic) bond motifs is 4. The Morgan fingerprint density at radius 3 is 2.62 bits per heavy atom. The molecule has 6 rings (SSSR count). The summed E-state index contributed by atoms with van der Waals surface area (Å²) in [5, 5.41) is 0.137. The normalized spacial score (nSPS) is 21.8. The topological polar surface area (TPSA) is 40.9 Å².